The number of hydrogen-bond acceptors (Lipinski definition) is 0. The third-order valence-corrected chi connectivity index (χ3v) is 11.9. The standard InChI is InChI=1S/C21H46P2.2BrH/c1-5-9-11-13-15-19-22(17-7-3)21-23(18-8-4)20-16-14-12-10-6-2;;/h5-21H2,1-4H3;2*1H. The smallest absolute Gasteiger partial charge is 0.0120 e. The third kappa shape index (κ3) is 22.0. The quantitative estimate of drug-likeness (QED) is 0.124. The Kier molecular flexibility index (Phi) is 32.5. The maximum Gasteiger partial charge on any atom is -0.0120 e. The molecular formula is C21H48Br2P2. The zero-order valence-electron chi connectivity index (χ0n) is 17.7. The van der Waals surface area contributed by atoms with Crippen LogP contribution in [0.5, 0.6) is 0 Å². The molecule has 0 aliphatic rings. The van der Waals surface area contributed by atoms with Gasteiger partial charge in [0.05, 0.1) is 0 Å². The van der Waals surface area contributed by atoms with Gasteiger partial charge in [0.2, 0.25) is 0 Å². The highest BCUT2D eigenvalue weighted by molar-refractivity contribution is 8.93. The van der Waals surface area contributed by atoms with Gasteiger partial charge < -0.3 is 0 Å². The Hall–Kier alpha value is 1.82. The molecule has 0 aromatic rings. The molecule has 0 radical (unpaired) electrons. The zero-order valence-corrected chi connectivity index (χ0v) is 22.9. The van der Waals surface area contributed by atoms with Crippen molar-refractivity contribution in [3.63, 3.8) is 0 Å². The van der Waals surface area contributed by atoms with Crippen molar-refractivity contribution in [1.82, 2.24) is 0 Å². The van der Waals surface area contributed by atoms with Crippen molar-refractivity contribution in [3.05, 3.63) is 0 Å². The van der Waals surface area contributed by atoms with Crippen LogP contribution in [0.15, 0.2) is 0 Å². The molecule has 0 rings (SSSR count). The third-order valence-electron chi connectivity index (χ3n) is 4.64. The maximum absolute atomic E-state index is 2.40. The first-order valence-electron chi connectivity index (χ1n) is 10.7. The number of rotatable bonds is 18. The zero-order chi connectivity index (χ0) is 17.2. The van der Waals surface area contributed by atoms with Gasteiger partial charge in [0.25, 0.3) is 0 Å². The molecule has 0 nitrogen and oxygen atoms in total. The molecule has 0 aromatic heterocycles. The molecule has 0 bridgehead atoms. The second-order valence-corrected chi connectivity index (χ2v) is 12.8. The molecule has 0 N–H and O–H groups in total. The topological polar surface area (TPSA) is 0 Å². The molecule has 4 heteroatoms. The van der Waals surface area contributed by atoms with Crippen LogP contribution >= 0.6 is 49.8 Å². The molecule has 0 aliphatic heterocycles. The van der Waals surface area contributed by atoms with Gasteiger partial charge >= 0.3 is 0 Å². The lowest BCUT2D eigenvalue weighted by molar-refractivity contribution is 0.657. The minimum Gasteiger partial charge on any atom is -0.114 e. The van der Waals surface area contributed by atoms with Gasteiger partial charge in [0, 0.05) is 0 Å². The molecule has 0 saturated carbocycles. The van der Waals surface area contributed by atoms with Crippen LogP contribution in [-0.4, -0.2) is 30.6 Å². The van der Waals surface area contributed by atoms with Gasteiger partial charge in [-0.25, -0.2) is 0 Å². The van der Waals surface area contributed by atoms with E-state index in [0.717, 1.165) is 0 Å². The van der Waals surface area contributed by atoms with E-state index in [0.29, 0.717) is 15.8 Å². The van der Waals surface area contributed by atoms with Crippen molar-refractivity contribution in [3.8, 4) is 0 Å². The van der Waals surface area contributed by atoms with Gasteiger partial charge in [-0.15, -0.1) is 49.8 Å². The molecule has 0 saturated heterocycles. The van der Waals surface area contributed by atoms with Crippen molar-refractivity contribution >= 4 is 49.8 Å². The van der Waals surface area contributed by atoms with E-state index in [1.54, 1.807) is 30.6 Å². The van der Waals surface area contributed by atoms with Crippen LogP contribution in [0.4, 0.5) is 0 Å². The highest BCUT2D eigenvalue weighted by atomic mass is 79.9. The summed E-state index contributed by atoms with van der Waals surface area (Å²) < 4.78 is 0. The largest absolute Gasteiger partial charge is 0.114 e. The molecular weight excluding hydrogens is 474 g/mol. The van der Waals surface area contributed by atoms with Crippen molar-refractivity contribution in [1.29, 1.82) is 0 Å². The molecule has 0 heterocycles. The van der Waals surface area contributed by atoms with Crippen LogP contribution < -0.4 is 0 Å². The summed E-state index contributed by atoms with van der Waals surface area (Å²) in [6.45, 7) is 9.45. The lowest BCUT2D eigenvalue weighted by Crippen LogP contribution is -1.99. The average Bonchev–Trinajstić information content (AvgIpc) is 2.54. The van der Waals surface area contributed by atoms with E-state index in [9.17, 15) is 0 Å². The first kappa shape index (κ1) is 31.5. The lowest BCUT2D eigenvalue weighted by atomic mass is 10.2. The van der Waals surface area contributed by atoms with Gasteiger partial charge in [-0.05, 0) is 43.4 Å². The second-order valence-electron chi connectivity index (χ2n) is 7.21. The van der Waals surface area contributed by atoms with Gasteiger partial charge in [-0.3, -0.25) is 0 Å². The molecule has 0 aliphatic carbocycles. The first-order valence-corrected chi connectivity index (χ1v) is 14.5. The summed E-state index contributed by atoms with van der Waals surface area (Å²) in [5.74, 6) is 1.66. The van der Waals surface area contributed by atoms with Crippen molar-refractivity contribution in [2.45, 2.75) is 105 Å². The average molecular weight is 522 g/mol. The Morgan fingerprint density at radius 2 is 0.760 bits per heavy atom. The summed E-state index contributed by atoms with van der Waals surface area (Å²) in [6.07, 6.45) is 23.8. The second kappa shape index (κ2) is 25.8. The summed E-state index contributed by atoms with van der Waals surface area (Å²) in [7, 11) is 0.737. The molecule has 2 unspecified atom stereocenters. The molecule has 0 aromatic carbocycles. The van der Waals surface area contributed by atoms with Crippen molar-refractivity contribution in [2.24, 2.45) is 0 Å². The van der Waals surface area contributed by atoms with Crippen LogP contribution in [0.1, 0.15) is 105 Å². The Bertz CT molecular complexity index is 206. The van der Waals surface area contributed by atoms with E-state index in [2.05, 4.69) is 27.7 Å². The van der Waals surface area contributed by atoms with E-state index in [-0.39, 0.29) is 34.0 Å². The Labute approximate surface area is 184 Å². The number of unbranched alkanes of at least 4 members (excludes halogenated alkanes) is 8. The molecule has 0 fully saturated rings. The normalized spacial score (nSPS) is 13.0. The van der Waals surface area contributed by atoms with E-state index in [1.807, 2.05) is 0 Å². The highest BCUT2D eigenvalue weighted by Gasteiger charge is 2.14. The lowest BCUT2D eigenvalue weighted by Gasteiger charge is -2.24. The minimum absolute atomic E-state index is 0. The SMILES string of the molecule is Br.Br.CCCCCCCP(CCC)CP(CCC)CCCCCCC. The van der Waals surface area contributed by atoms with Crippen molar-refractivity contribution < 1.29 is 0 Å². The highest BCUT2D eigenvalue weighted by Crippen LogP contribution is 2.52. The minimum atomic E-state index is 0. The van der Waals surface area contributed by atoms with Crippen molar-refractivity contribution in [2.75, 3.05) is 30.6 Å². The van der Waals surface area contributed by atoms with Gasteiger partial charge in [0.1, 0.15) is 0 Å². The molecule has 2 atom stereocenters. The summed E-state index contributed by atoms with van der Waals surface area (Å²) in [4.78, 5) is 0. The number of hydrogen-bond donors (Lipinski definition) is 0. The Morgan fingerprint density at radius 1 is 0.400 bits per heavy atom. The maximum atomic E-state index is 2.40. The van der Waals surface area contributed by atoms with Crippen LogP contribution in [-0.2, 0) is 0 Å². The van der Waals surface area contributed by atoms with Gasteiger partial charge in [0.15, 0.2) is 0 Å². The summed E-state index contributed by atoms with van der Waals surface area (Å²) >= 11 is 0. The van der Waals surface area contributed by atoms with Gasteiger partial charge in [-0.2, -0.15) is 0 Å². The van der Waals surface area contributed by atoms with Crippen LogP contribution in [0, 0.1) is 0 Å². The summed E-state index contributed by atoms with van der Waals surface area (Å²) in [6, 6.07) is 0. The van der Waals surface area contributed by atoms with E-state index in [4.69, 9.17) is 0 Å². The fourth-order valence-electron chi connectivity index (χ4n) is 3.30. The fraction of sp³-hybridized carbons (Fsp3) is 1.00. The summed E-state index contributed by atoms with van der Waals surface area (Å²) in [5, 5.41) is 0. The molecule has 25 heavy (non-hydrogen) atoms. The van der Waals surface area contributed by atoms with E-state index >= 15 is 0 Å². The summed E-state index contributed by atoms with van der Waals surface area (Å²) in [5.41, 5.74) is 0. The Morgan fingerprint density at radius 3 is 1.08 bits per heavy atom. The van der Waals surface area contributed by atoms with E-state index in [1.165, 1.54) is 77.0 Å². The molecule has 0 spiro atoms. The molecule has 156 valence electrons. The molecule has 0 amide bonds. The predicted octanol–water partition coefficient (Wildman–Crippen LogP) is 9.82. The van der Waals surface area contributed by atoms with E-state index < -0.39 is 0 Å². The van der Waals surface area contributed by atoms with Crippen LogP contribution in [0.25, 0.3) is 0 Å². The van der Waals surface area contributed by atoms with Crippen LogP contribution in [0.2, 0.25) is 0 Å². The number of halogens is 2. The van der Waals surface area contributed by atoms with Gasteiger partial charge in [-0.1, -0.05) is 91.9 Å². The first-order chi connectivity index (χ1) is 11.3. The predicted molar refractivity (Wildman–Crippen MR) is 137 cm³/mol. The monoisotopic (exact) mass is 520 g/mol. The van der Waals surface area contributed by atoms with Crippen LogP contribution in [0.3, 0.4) is 0 Å². The fourth-order valence-corrected chi connectivity index (χ4v) is 10.9. The Balaban J connectivity index is -0.00000242.